The summed E-state index contributed by atoms with van der Waals surface area (Å²) in [5.74, 6) is 0. The molecule has 2 nitrogen and oxygen atoms in total. The molecule has 1 unspecified atom stereocenters. The normalized spacial score (nSPS) is 13.4. The van der Waals surface area contributed by atoms with Crippen LogP contribution in [0, 0.1) is 0 Å². The molecule has 1 atom stereocenters. The number of hydrogen-bond donors (Lipinski definition) is 0. The first-order valence-electron chi connectivity index (χ1n) is 9.28. The Morgan fingerprint density at radius 3 is 1.68 bits per heavy atom. The Labute approximate surface area is 146 Å². The third-order valence-corrected chi connectivity index (χ3v) is 4.19. The molecular weight excluding hydrogens is 294 g/mol. The smallest absolute Gasteiger partial charge is 0.127 e. The lowest BCUT2D eigenvalue weighted by atomic mass is 10.1. The zero-order valence-corrected chi connectivity index (χ0v) is 16.2. The van der Waals surface area contributed by atoms with E-state index in [1.54, 1.807) is 0 Å². The Hall–Kier alpha value is -0.0500. The molecule has 0 saturated carbocycles. The first-order chi connectivity index (χ1) is 10.2. The molecule has 0 aliphatic heterocycles. The molecule has 0 N–H and O–H groups in total. The van der Waals surface area contributed by atoms with Gasteiger partial charge in [0, 0.05) is 0 Å². The monoisotopic (exact) mass is 333 g/mol. The standard InChI is InChI=1S/C19H40NO.ClH/c1-5-8-9-10-11-12-13-14-15-16-17-19-20(4,18-6-2)21-7-3;/h6H,2,5,7-19H2,1,3-4H3;1H/q+1;/p-1. The molecule has 0 aliphatic carbocycles. The van der Waals surface area contributed by atoms with Crippen LogP contribution in [0.3, 0.4) is 0 Å². The van der Waals surface area contributed by atoms with Crippen LogP contribution in [-0.2, 0) is 4.84 Å². The largest absolute Gasteiger partial charge is 1.00 e. The number of nitrogens with zero attached hydrogens (tertiary/aromatic N) is 1. The van der Waals surface area contributed by atoms with Gasteiger partial charge in [0.05, 0.1) is 7.05 Å². The second-order valence-corrected chi connectivity index (χ2v) is 6.45. The van der Waals surface area contributed by atoms with E-state index in [9.17, 15) is 0 Å². The number of rotatable bonds is 16. The minimum Gasteiger partial charge on any atom is -1.00 e. The van der Waals surface area contributed by atoms with Gasteiger partial charge in [0.1, 0.15) is 19.7 Å². The van der Waals surface area contributed by atoms with Crippen LogP contribution in [0.15, 0.2) is 12.7 Å². The second kappa shape index (κ2) is 17.3. The lowest BCUT2D eigenvalue weighted by Crippen LogP contribution is -3.00. The van der Waals surface area contributed by atoms with E-state index in [0.29, 0.717) is 4.65 Å². The van der Waals surface area contributed by atoms with E-state index in [1.165, 1.54) is 70.6 Å². The van der Waals surface area contributed by atoms with E-state index < -0.39 is 0 Å². The van der Waals surface area contributed by atoms with Gasteiger partial charge in [-0.1, -0.05) is 71.3 Å². The summed E-state index contributed by atoms with van der Waals surface area (Å²) in [6, 6.07) is 0. The van der Waals surface area contributed by atoms with Gasteiger partial charge in [-0.05, 0) is 25.8 Å². The summed E-state index contributed by atoms with van der Waals surface area (Å²) in [4.78, 5) is 5.83. The Balaban J connectivity index is 0. The Morgan fingerprint density at radius 1 is 0.818 bits per heavy atom. The number of hydroxylamine groups is 3. The molecule has 0 aromatic heterocycles. The Kier molecular flexibility index (Phi) is 19.0. The Bertz CT molecular complexity index is 235. The van der Waals surface area contributed by atoms with Gasteiger partial charge < -0.3 is 12.4 Å². The summed E-state index contributed by atoms with van der Waals surface area (Å²) < 4.78 is 0.692. The number of likely N-dealkylation sites (N-methyl/N-ethyl adjacent to an activating group) is 1. The van der Waals surface area contributed by atoms with Crippen LogP contribution in [0.5, 0.6) is 0 Å². The molecule has 0 bridgehead atoms. The molecule has 22 heavy (non-hydrogen) atoms. The fourth-order valence-electron chi connectivity index (χ4n) is 2.90. The summed E-state index contributed by atoms with van der Waals surface area (Å²) in [6.07, 6.45) is 17.3. The maximum absolute atomic E-state index is 5.83. The van der Waals surface area contributed by atoms with Crippen molar-refractivity contribution in [2.45, 2.75) is 84.5 Å². The minimum absolute atomic E-state index is 0. The summed E-state index contributed by atoms with van der Waals surface area (Å²) in [6.45, 7) is 11.0. The highest BCUT2D eigenvalue weighted by Gasteiger charge is 2.20. The van der Waals surface area contributed by atoms with Crippen LogP contribution in [0.25, 0.3) is 0 Å². The second-order valence-electron chi connectivity index (χ2n) is 6.45. The molecule has 3 heteroatoms. The first-order valence-corrected chi connectivity index (χ1v) is 9.28. The summed E-state index contributed by atoms with van der Waals surface area (Å²) in [5, 5.41) is 0. The van der Waals surface area contributed by atoms with E-state index in [2.05, 4.69) is 27.5 Å². The van der Waals surface area contributed by atoms with Gasteiger partial charge in [-0.25, -0.2) is 4.84 Å². The predicted octanol–water partition coefficient (Wildman–Crippen LogP) is 2.89. The number of hydrogen-bond acceptors (Lipinski definition) is 1. The van der Waals surface area contributed by atoms with Crippen molar-refractivity contribution >= 4 is 0 Å². The average Bonchev–Trinajstić information content (AvgIpc) is 2.45. The van der Waals surface area contributed by atoms with E-state index in [0.717, 1.165) is 19.7 Å². The fraction of sp³-hybridized carbons (Fsp3) is 0.895. The van der Waals surface area contributed by atoms with Gasteiger partial charge in [-0.2, -0.15) is 4.65 Å². The molecular formula is C19H40ClNO. The van der Waals surface area contributed by atoms with Crippen molar-refractivity contribution in [1.82, 2.24) is 0 Å². The zero-order valence-electron chi connectivity index (χ0n) is 15.4. The lowest BCUT2D eigenvalue weighted by molar-refractivity contribution is -1.09. The highest BCUT2D eigenvalue weighted by Crippen LogP contribution is 2.13. The van der Waals surface area contributed by atoms with Crippen LogP contribution in [-0.4, -0.2) is 31.4 Å². The molecule has 0 fully saturated rings. The van der Waals surface area contributed by atoms with Crippen molar-refractivity contribution in [3.63, 3.8) is 0 Å². The predicted molar refractivity (Wildman–Crippen MR) is 94.2 cm³/mol. The van der Waals surface area contributed by atoms with Crippen molar-refractivity contribution in [3.8, 4) is 0 Å². The van der Waals surface area contributed by atoms with Crippen molar-refractivity contribution in [1.29, 1.82) is 0 Å². The van der Waals surface area contributed by atoms with Gasteiger partial charge in [0.2, 0.25) is 0 Å². The maximum Gasteiger partial charge on any atom is 0.127 e. The van der Waals surface area contributed by atoms with Crippen molar-refractivity contribution in [2.24, 2.45) is 0 Å². The van der Waals surface area contributed by atoms with Gasteiger partial charge in [-0.3, -0.25) is 0 Å². The van der Waals surface area contributed by atoms with Crippen LogP contribution < -0.4 is 12.4 Å². The fourth-order valence-corrected chi connectivity index (χ4v) is 2.90. The first kappa shape index (κ1) is 24.2. The molecule has 0 spiro atoms. The number of halogens is 1. The van der Waals surface area contributed by atoms with Crippen LogP contribution in [0.2, 0.25) is 0 Å². The SMILES string of the molecule is C=CC[N+](C)(CCCCCCCCCCCCC)OCC.[Cl-]. The molecule has 0 aliphatic rings. The van der Waals surface area contributed by atoms with Crippen molar-refractivity contribution < 1.29 is 21.9 Å². The molecule has 0 aromatic rings. The third-order valence-electron chi connectivity index (χ3n) is 4.19. The molecule has 134 valence electrons. The summed E-state index contributed by atoms with van der Waals surface area (Å²) in [7, 11) is 2.17. The van der Waals surface area contributed by atoms with Crippen LogP contribution in [0.4, 0.5) is 0 Å². The van der Waals surface area contributed by atoms with Crippen LogP contribution in [0.1, 0.15) is 84.5 Å². The molecule has 0 amide bonds. The Morgan fingerprint density at radius 2 is 1.27 bits per heavy atom. The lowest BCUT2D eigenvalue weighted by Gasteiger charge is -2.30. The van der Waals surface area contributed by atoms with Gasteiger partial charge in [0.25, 0.3) is 0 Å². The number of unbranched alkanes of at least 4 members (excludes halogenated alkanes) is 10. The molecule has 0 aromatic carbocycles. The highest BCUT2D eigenvalue weighted by atomic mass is 35.5. The van der Waals surface area contributed by atoms with Crippen LogP contribution >= 0.6 is 0 Å². The van der Waals surface area contributed by atoms with Gasteiger partial charge in [-0.15, -0.1) is 0 Å². The number of quaternary nitrogens is 1. The molecule has 0 radical (unpaired) electrons. The molecule has 0 heterocycles. The van der Waals surface area contributed by atoms with Gasteiger partial charge >= 0.3 is 0 Å². The average molecular weight is 334 g/mol. The van der Waals surface area contributed by atoms with E-state index in [-0.39, 0.29) is 12.4 Å². The zero-order chi connectivity index (χ0) is 15.8. The molecule has 0 saturated heterocycles. The van der Waals surface area contributed by atoms with E-state index in [1.807, 2.05) is 6.08 Å². The maximum atomic E-state index is 5.83. The van der Waals surface area contributed by atoms with E-state index in [4.69, 9.17) is 4.84 Å². The summed E-state index contributed by atoms with van der Waals surface area (Å²) in [5.41, 5.74) is 0. The molecule has 0 rings (SSSR count). The topological polar surface area (TPSA) is 9.23 Å². The quantitative estimate of drug-likeness (QED) is 0.183. The highest BCUT2D eigenvalue weighted by molar-refractivity contribution is 4.63. The van der Waals surface area contributed by atoms with Gasteiger partial charge in [0.15, 0.2) is 0 Å². The van der Waals surface area contributed by atoms with Crippen molar-refractivity contribution in [2.75, 3.05) is 26.7 Å². The minimum atomic E-state index is 0. The van der Waals surface area contributed by atoms with Crippen molar-refractivity contribution in [3.05, 3.63) is 12.7 Å². The van der Waals surface area contributed by atoms with E-state index >= 15 is 0 Å². The third kappa shape index (κ3) is 14.9. The summed E-state index contributed by atoms with van der Waals surface area (Å²) >= 11 is 0.